The van der Waals surface area contributed by atoms with E-state index in [4.69, 9.17) is 4.74 Å². The monoisotopic (exact) mass is 304 g/mol. The van der Waals surface area contributed by atoms with Gasteiger partial charge in [-0.15, -0.1) is 0 Å². The molecule has 2 rings (SSSR count). The summed E-state index contributed by atoms with van der Waals surface area (Å²) >= 11 is 1.31. The highest BCUT2D eigenvalue weighted by molar-refractivity contribution is 8.00. The van der Waals surface area contributed by atoms with Crippen molar-refractivity contribution in [2.24, 2.45) is 0 Å². The van der Waals surface area contributed by atoms with E-state index in [-0.39, 0.29) is 11.2 Å². The average molecular weight is 304 g/mol. The van der Waals surface area contributed by atoms with Crippen molar-refractivity contribution in [3.63, 3.8) is 0 Å². The van der Waals surface area contributed by atoms with E-state index in [1.807, 2.05) is 6.07 Å². The van der Waals surface area contributed by atoms with Gasteiger partial charge in [-0.05, 0) is 51.2 Å². The molecule has 21 heavy (non-hydrogen) atoms. The number of nitriles is 1. The van der Waals surface area contributed by atoms with E-state index in [1.54, 1.807) is 13.8 Å². The fourth-order valence-corrected chi connectivity index (χ4v) is 3.33. The molecule has 0 saturated heterocycles. The number of esters is 1. The van der Waals surface area contributed by atoms with Gasteiger partial charge >= 0.3 is 5.97 Å². The molecular weight excluding hydrogens is 284 g/mol. The molecule has 1 unspecified atom stereocenters. The van der Waals surface area contributed by atoms with Crippen molar-refractivity contribution < 1.29 is 9.53 Å². The van der Waals surface area contributed by atoms with E-state index in [9.17, 15) is 10.1 Å². The van der Waals surface area contributed by atoms with Gasteiger partial charge in [0.1, 0.15) is 16.3 Å². The number of hydrogen-bond donors (Lipinski definition) is 0. The molecule has 0 aliphatic heterocycles. The summed E-state index contributed by atoms with van der Waals surface area (Å²) in [6.07, 6.45) is 5.46. The van der Waals surface area contributed by atoms with Crippen LogP contribution in [0.4, 0.5) is 0 Å². The molecule has 1 aliphatic rings. The minimum absolute atomic E-state index is 0.261. The first-order valence-corrected chi connectivity index (χ1v) is 8.29. The Morgan fingerprint density at radius 2 is 2.24 bits per heavy atom. The second kappa shape index (κ2) is 7.46. The molecular formula is C16H20N2O2S. The quantitative estimate of drug-likeness (QED) is 0.485. The molecule has 5 heteroatoms. The molecule has 0 saturated carbocycles. The largest absolute Gasteiger partial charge is 0.465 e. The highest BCUT2D eigenvalue weighted by Crippen LogP contribution is 2.29. The number of fused-ring (bicyclic) bond motifs is 1. The topological polar surface area (TPSA) is 63.0 Å². The summed E-state index contributed by atoms with van der Waals surface area (Å²) in [7, 11) is 0. The Balaban J connectivity index is 2.24. The summed E-state index contributed by atoms with van der Waals surface area (Å²) in [5, 5.41) is 9.62. The normalized spacial score (nSPS) is 15.5. The van der Waals surface area contributed by atoms with Crippen LogP contribution in [0.15, 0.2) is 11.1 Å². The van der Waals surface area contributed by atoms with Crippen LogP contribution in [0.5, 0.6) is 0 Å². The van der Waals surface area contributed by atoms with Crippen LogP contribution in [0.3, 0.4) is 0 Å². The summed E-state index contributed by atoms with van der Waals surface area (Å²) in [6, 6.07) is 4.16. The minimum Gasteiger partial charge on any atom is -0.465 e. The molecule has 0 bridgehead atoms. The number of hydrogen-bond acceptors (Lipinski definition) is 5. The molecule has 1 heterocycles. The van der Waals surface area contributed by atoms with Crippen molar-refractivity contribution in [3.8, 4) is 6.07 Å². The molecule has 0 amide bonds. The smallest absolute Gasteiger partial charge is 0.319 e. The van der Waals surface area contributed by atoms with Crippen molar-refractivity contribution in [1.82, 2.24) is 4.98 Å². The first kappa shape index (κ1) is 15.8. The van der Waals surface area contributed by atoms with Crippen molar-refractivity contribution in [2.45, 2.75) is 56.2 Å². The highest BCUT2D eigenvalue weighted by atomic mass is 32.2. The molecule has 0 radical (unpaired) electrons. The van der Waals surface area contributed by atoms with Crippen LogP contribution in [0.1, 0.15) is 49.9 Å². The van der Waals surface area contributed by atoms with Gasteiger partial charge < -0.3 is 4.74 Å². The van der Waals surface area contributed by atoms with Crippen molar-refractivity contribution in [3.05, 3.63) is 22.9 Å². The number of aromatic nitrogens is 1. The maximum absolute atomic E-state index is 11.7. The molecule has 0 fully saturated rings. The van der Waals surface area contributed by atoms with Gasteiger partial charge in [0.2, 0.25) is 0 Å². The van der Waals surface area contributed by atoms with E-state index in [2.05, 4.69) is 11.1 Å². The predicted octanol–water partition coefficient (Wildman–Crippen LogP) is 3.27. The summed E-state index contributed by atoms with van der Waals surface area (Å²) < 4.78 is 5.01. The number of thioether (sulfide) groups is 1. The fourth-order valence-electron chi connectivity index (χ4n) is 2.44. The third-order valence-corrected chi connectivity index (χ3v) is 4.62. The Morgan fingerprint density at radius 3 is 2.95 bits per heavy atom. The Morgan fingerprint density at radius 1 is 1.48 bits per heavy atom. The lowest BCUT2D eigenvalue weighted by atomic mass is 10.1. The first-order chi connectivity index (χ1) is 10.2. The van der Waals surface area contributed by atoms with Crippen molar-refractivity contribution in [2.75, 3.05) is 6.61 Å². The third kappa shape index (κ3) is 3.98. The molecule has 0 spiro atoms. The van der Waals surface area contributed by atoms with Crippen LogP contribution >= 0.6 is 11.8 Å². The van der Waals surface area contributed by atoms with Crippen LogP contribution in [0, 0.1) is 11.3 Å². The molecule has 0 aromatic carbocycles. The average Bonchev–Trinajstić information content (AvgIpc) is 2.71. The summed E-state index contributed by atoms with van der Waals surface area (Å²) in [5.74, 6) is -0.261. The molecule has 4 nitrogen and oxygen atoms in total. The predicted molar refractivity (Wildman–Crippen MR) is 82.2 cm³/mol. The van der Waals surface area contributed by atoms with Gasteiger partial charge in [-0.3, -0.25) is 4.79 Å². The van der Waals surface area contributed by atoms with E-state index < -0.39 is 0 Å². The zero-order valence-corrected chi connectivity index (χ0v) is 13.3. The maximum Gasteiger partial charge on any atom is 0.319 e. The number of pyridine rings is 1. The minimum atomic E-state index is -0.353. The number of carbonyl (C=O) groups excluding carboxylic acids is 1. The standard InChI is InChI=1S/C16H20N2O2S/c1-3-20-16(19)11(2)21-15-13(10-17)9-12-7-5-4-6-8-14(12)18-15/h9,11H,3-8H2,1-2H3. The molecule has 1 atom stereocenters. The zero-order valence-electron chi connectivity index (χ0n) is 12.5. The fraction of sp³-hybridized carbons (Fsp3) is 0.562. The number of carbonyl (C=O) groups is 1. The van der Waals surface area contributed by atoms with E-state index in [1.165, 1.54) is 23.7 Å². The van der Waals surface area contributed by atoms with E-state index in [0.717, 1.165) is 31.4 Å². The van der Waals surface area contributed by atoms with Gasteiger partial charge in [0.25, 0.3) is 0 Å². The second-order valence-electron chi connectivity index (χ2n) is 5.13. The number of ether oxygens (including phenoxy) is 1. The number of aryl methyl sites for hydroxylation is 2. The Bertz CT molecular complexity index is 566. The van der Waals surface area contributed by atoms with Crippen LogP contribution < -0.4 is 0 Å². The van der Waals surface area contributed by atoms with Crippen LogP contribution in [0.2, 0.25) is 0 Å². The Kier molecular flexibility index (Phi) is 5.63. The van der Waals surface area contributed by atoms with Gasteiger partial charge in [-0.25, -0.2) is 4.98 Å². The van der Waals surface area contributed by atoms with Gasteiger partial charge in [-0.1, -0.05) is 18.2 Å². The van der Waals surface area contributed by atoms with E-state index in [0.29, 0.717) is 17.2 Å². The first-order valence-electron chi connectivity index (χ1n) is 7.42. The Hall–Kier alpha value is -1.54. The van der Waals surface area contributed by atoms with Gasteiger partial charge in [0, 0.05) is 5.69 Å². The SMILES string of the molecule is CCOC(=O)C(C)Sc1nc2c(cc1C#N)CCCCC2. The van der Waals surface area contributed by atoms with Crippen LogP contribution in [0.25, 0.3) is 0 Å². The van der Waals surface area contributed by atoms with Gasteiger partial charge in [-0.2, -0.15) is 5.26 Å². The van der Waals surface area contributed by atoms with E-state index >= 15 is 0 Å². The Labute approximate surface area is 129 Å². The summed E-state index contributed by atoms with van der Waals surface area (Å²) in [4.78, 5) is 16.4. The third-order valence-electron chi connectivity index (χ3n) is 3.54. The molecule has 1 aliphatic carbocycles. The van der Waals surface area contributed by atoms with Crippen molar-refractivity contribution in [1.29, 1.82) is 5.26 Å². The lowest BCUT2D eigenvalue weighted by molar-refractivity contribution is -0.142. The van der Waals surface area contributed by atoms with Crippen molar-refractivity contribution >= 4 is 17.7 Å². The molecule has 1 aromatic rings. The summed E-state index contributed by atoms with van der Waals surface area (Å²) in [5.41, 5.74) is 2.85. The van der Waals surface area contributed by atoms with Crippen LogP contribution in [-0.4, -0.2) is 22.8 Å². The highest BCUT2D eigenvalue weighted by Gasteiger charge is 2.20. The lowest BCUT2D eigenvalue weighted by Gasteiger charge is -2.13. The zero-order chi connectivity index (χ0) is 15.2. The molecule has 0 N–H and O–H groups in total. The van der Waals surface area contributed by atoms with Gasteiger partial charge in [0.05, 0.1) is 12.2 Å². The van der Waals surface area contributed by atoms with Gasteiger partial charge in [0.15, 0.2) is 0 Å². The number of nitrogens with zero attached hydrogens (tertiary/aromatic N) is 2. The number of rotatable bonds is 4. The molecule has 112 valence electrons. The second-order valence-corrected chi connectivity index (χ2v) is 6.46. The van der Waals surface area contributed by atoms with Crippen LogP contribution in [-0.2, 0) is 22.4 Å². The lowest BCUT2D eigenvalue weighted by Crippen LogP contribution is -2.17. The maximum atomic E-state index is 11.7. The summed E-state index contributed by atoms with van der Waals surface area (Å²) in [6.45, 7) is 3.94. The molecule has 1 aromatic heterocycles.